The fourth-order valence-electron chi connectivity index (χ4n) is 2.37. The summed E-state index contributed by atoms with van der Waals surface area (Å²) >= 11 is 0. The van der Waals surface area contributed by atoms with Gasteiger partial charge in [-0.2, -0.15) is 0 Å². The van der Waals surface area contributed by atoms with Gasteiger partial charge >= 0.3 is 0 Å². The first-order valence-corrected chi connectivity index (χ1v) is 6.72. The van der Waals surface area contributed by atoms with E-state index in [9.17, 15) is 0 Å². The van der Waals surface area contributed by atoms with Gasteiger partial charge in [-0.05, 0) is 31.5 Å². The van der Waals surface area contributed by atoms with Gasteiger partial charge in [-0.1, -0.05) is 6.92 Å². The van der Waals surface area contributed by atoms with Crippen molar-refractivity contribution < 1.29 is 9.47 Å². The molecule has 0 radical (unpaired) electrons. The Balaban J connectivity index is 2.05. The molecule has 0 bridgehead atoms. The summed E-state index contributed by atoms with van der Waals surface area (Å²) < 4.78 is 11.1. The van der Waals surface area contributed by atoms with Crippen molar-refractivity contribution in [1.82, 2.24) is 9.97 Å². The van der Waals surface area contributed by atoms with Gasteiger partial charge in [0.25, 0.3) is 0 Å². The van der Waals surface area contributed by atoms with Crippen molar-refractivity contribution in [3.63, 3.8) is 0 Å². The minimum atomic E-state index is 0.546. The smallest absolute Gasteiger partial charge is 0.162 e. The van der Waals surface area contributed by atoms with Crippen LogP contribution in [0.4, 0.5) is 5.82 Å². The van der Waals surface area contributed by atoms with Gasteiger partial charge in [-0.25, -0.2) is 9.97 Å². The summed E-state index contributed by atoms with van der Waals surface area (Å²) in [5.74, 6) is 2.65. The van der Waals surface area contributed by atoms with E-state index in [1.807, 2.05) is 32.0 Å². The Bertz CT molecular complexity index is 633. The summed E-state index contributed by atoms with van der Waals surface area (Å²) in [6.07, 6.45) is 0.832. The summed E-state index contributed by atoms with van der Waals surface area (Å²) in [4.78, 5) is 8.93. The lowest BCUT2D eigenvalue weighted by Crippen LogP contribution is -2.15. The quantitative estimate of drug-likeness (QED) is 0.908. The molecule has 2 N–H and O–H groups in total. The molecule has 20 heavy (non-hydrogen) atoms. The van der Waals surface area contributed by atoms with E-state index in [0.717, 1.165) is 34.7 Å². The SMILES string of the molecule is CCc1c(C)nc(-c2ccc3c(c2)OCCO3)nc1N. The molecule has 2 heterocycles. The lowest BCUT2D eigenvalue weighted by molar-refractivity contribution is 0.171. The van der Waals surface area contributed by atoms with E-state index in [0.29, 0.717) is 24.9 Å². The third-order valence-corrected chi connectivity index (χ3v) is 3.40. The zero-order valence-corrected chi connectivity index (χ0v) is 11.6. The molecule has 0 fully saturated rings. The van der Waals surface area contributed by atoms with Gasteiger partial charge in [0.05, 0.1) is 0 Å². The Hall–Kier alpha value is -2.30. The van der Waals surface area contributed by atoms with Gasteiger partial charge in [0.2, 0.25) is 0 Å². The number of ether oxygens (including phenoxy) is 2. The average Bonchev–Trinajstić information content (AvgIpc) is 2.46. The Morgan fingerprint density at radius 2 is 1.90 bits per heavy atom. The lowest BCUT2D eigenvalue weighted by Gasteiger charge is -2.18. The summed E-state index contributed by atoms with van der Waals surface area (Å²) in [7, 11) is 0. The Morgan fingerprint density at radius 3 is 2.60 bits per heavy atom. The second-order valence-electron chi connectivity index (χ2n) is 4.71. The second-order valence-corrected chi connectivity index (χ2v) is 4.71. The Labute approximate surface area is 117 Å². The maximum Gasteiger partial charge on any atom is 0.162 e. The molecule has 5 heteroatoms. The predicted octanol–water partition coefficient (Wildman–Crippen LogP) is 2.37. The molecule has 0 spiro atoms. The van der Waals surface area contributed by atoms with Crippen LogP contribution in [0.5, 0.6) is 11.5 Å². The van der Waals surface area contributed by atoms with Crippen LogP contribution in [0.25, 0.3) is 11.4 Å². The van der Waals surface area contributed by atoms with Gasteiger partial charge in [0.15, 0.2) is 17.3 Å². The zero-order chi connectivity index (χ0) is 14.1. The molecule has 5 nitrogen and oxygen atoms in total. The highest BCUT2D eigenvalue weighted by molar-refractivity contribution is 5.63. The van der Waals surface area contributed by atoms with Crippen molar-refractivity contribution in [3.8, 4) is 22.9 Å². The van der Waals surface area contributed by atoms with Crippen molar-refractivity contribution in [3.05, 3.63) is 29.5 Å². The number of aryl methyl sites for hydroxylation is 1. The fraction of sp³-hybridized carbons (Fsp3) is 0.333. The third-order valence-electron chi connectivity index (χ3n) is 3.40. The molecular weight excluding hydrogens is 254 g/mol. The molecule has 0 atom stereocenters. The van der Waals surface area contributed by atoms with Crippen molar-refractivity contribution in [2.75, 3.05) is 18.9 Å². The van der Waals surface area contributed by atoms with Crippen LogP contribution in [0.15, 0.2) is 18.2 Å². The number of rotatable bonds is 2. The van der Waals surface area contributed by atoms with Gasteiger partial charge in [0.1, 0.15) is 19.0 Å². The molecule has 0 saturated carbocycles. The monoisotopic (exact) mass is 271 g/mol. The predicted molar refractivity (Wildman–Crippen MR) is 77.0 cm³/mol. The van der Waals surface area contributed by atoms with Crippen molar-refractivity contribution in [1.29, 1.82) is 0 Å². The topological polar surface area (TPSA) is 70.3 Å². The summed E-state index contributed by atoms with van der Waals surface area (Å²) in [6, 6.07) is 5.70. The van der Waals surface area contributed by atoms with Gasteiger partial charge < -0.3 is 15.2 Å². The van der Waals surface area contributed by atoms with Crippen LogP contribution in [0.2, 0.25) is 0 Å². The van der Waals surface area contributed by atoms with E-state index < -0.39 is 0 Å². The number of hydrogen-bond donors (Lipinski definition) is 1. The molecule has 1 aliphatic rings. The number of nitrogens with zero attached hydrogens (tertiary/aromatic N) is 2. The van der Waals surface area contributed by atoms with E-state index in [4.69, 9.17) is 15.2 Å². The van der Waals surface area contributed by atoms with Crippen molar-refractivity contribution in [2.45, 2.75) is 20.3 Å². The maximum absolute atomic E-state index is 6.00. The molecule has 0 saturated heterocycles. The molecule has 2 aromatic rings. The molecular formula is C15H17N3O2. The molecule has 0 amide bonds. The molecule has 0 unspecified atom stereocenters. The Morgan fingerprint density at radius 1 is 1.15 bits per heavy atom. The van der Waals surface area contributed by atoms with Crippen LogP contribution in [0.1, 0.15) is 18.2 Å². The van der Waals surface area contributed by atoms with Gasteiger partial charge in [0, 0.05) is 16.8 Å². The van der Waals surface area contributed by atoms with E-state index in [-0.39, 0.29) is 0 Å². The molecule has 1 aromatic heterocycles. The first-order chi connectivity index (χ1) is 9.69. The van der Waals surface area contributed by atoms with E-state index in [2.05, 4.69) is 9.97 Å². The average molecular weight is 271 g/mol. The maximum atomic E-state index is 6.00. The highest BCUT2D eigenvalue weighted by Gasteiger charge is 2.15. The largest absolute Gasteiger partial charge is 0.486 e. The zero-order valence-electron chi connectivity index (χ0n) is 11.6. The molecule has 1 aliphatic heterocycles. The highest BCUT2D eigenvalue weighted by atomic mass is 16.6. The van der Waals surface area contributed by atoms with Crippen LogP contribution in [0, 0.1) is 6.92 Å². The number of anilines is 1. The molecule has 3 rings (SSSR count). The molecule has 104 valence electrons. The Kier molecular flexibility index (Phi) is 3.18. The minimum absolute atomic E-state index is 0.546. The van der Waals surface area contributed by atoms with Gasteiger partial charge in [-0.15, -0.1) is 0 Å². The van der Waals surface area contributed by atoms with Crippen LogP contribution in [-0.4, -0.2) is 23.2 Å². The number of hydrogen-bond acceptors (Lipinski definition) is 5. The number of benzene rings is 1. The molecule has 1 aromatic carbocycles. The van der Waals surface area contributed by atoms with Gasteiger partial charge in [-0.3, -0.25) is 0 Å². The molecule has 0 aliphatic carbocycles. The first-order valence-electron chi connectivity index (χ1n) is 6.72. The van der Waals surface area contributed by atoms with Crippen LogP contribution in [0.3, 0.4) is 0 Å². The minimum Gasteiger partial charge on any atom is -0.486 e. The van der Waals surface area contributed by atoms with Crippen molar-refractivity contribution >= 4 is 5.82 Å². The summed E-state index contributed by atoms with van der Waals surface area (Å²) in [6.45, 7) is 5.15. The highest BCUT2D eigenvalue weighted by Crippen LogP contribution is 2.34. The van der Waals surface area contributed by atoms with Crippen LogP contribution in [-0.2, 0) is 6.42 Å². The van der Waals surface area contributed by atoms with Crippen molar-refractivity contribution in [2.24, 2.45) is 0 Å². The van der Waals surface area contributed by atoms with Crippen LogP contribution < -0.4 is 15.2 Å². The first kappa shape index (κ1) is 12.7. The van der Waals surface area contributed by atoms with Crippen LogP contribution >= 0.6 is 0 Å². The normalized spacial score (nSPS) is 13.3. The number of aromatic nitrogens is 2. The lowest BCUT2D eigenvalue weighted by atomic mass is 10.1. The summed E-state index contributed by atoms with van der Waals surface area (Å²) in [5, 5.41) is 0. The summed E-state index contributed by atoms with van der Waals surface area (Å²) in [5.41, 5.74) is 8.81. The van der Waals surface area contributed by atoms with E-state index in [1.165, 1.54) is 0 Å². The van der Waals surface area contributed by atoms with E-state index >= 15 is 0 Å². The standard InChI is InChI=1S/C15H17N3O2/c1-3-11-9(2)17-15(18-14(11)16)10-4-5-12-13(8-10)20-7-6-19-12/h4-5,8H,3,6-7H2,1-2H3,(H2,16,17,18). The number of fused-ring (bicyclic) bond motifs is 1. The fourth-order valence-corrected chi connectivity index (χ4v) is 2.37. The second kappa shape index (κ2) is 5.00. The number of nitrogen functional groups attached to an aromatic ring is 1. The number of nitrogens with two attached hydrogens (primary N) is 1. The third kappa shape index (κ3) is 2.15. The van der Waals surface area contributed by atoms with E-state index in [1.54, 1.807) is 0 Å².